The lowest BCUT2D eigenvalue weighted by Gasteiger charge is -2.18. The molecule has 0 aliphatic rings. The summed E-state index contributed by atoms with van der Waals surface area (Å²) in [6.45, 7) is 8.40. The average molecular weight is 201 g/mol. The molecule has 2 atom stereocenters. The maximum absolute atomic E-state index is 11.3. The van der Waals surface area contributed by atoms with Crippen LogP contribution in [0, 0.1) is 0 Å². The molecule has 0 fully saturated rings. The number of ether oxygens (including phenoxy) is 1. The van der Waals surface area contributed by atoms with Gasteiger partial charge in [0.05, 0.1) is 6.61 Å². The van der Waals surface area contributed by atoms with E-state index >= 15 is 0 Å². The molecular weight excluding hydrogens is 178 g/mol. The molecule has 0 rings (SSSR count). The Hall–Kier alpha value is -0.570. The van der Waals surface area contributed by atoms with Gasteiger partial charge in [-0.15, -0.1) is 0 Å². The highest BCUT2D eigenvalue weighted by molar-refractivity contribution is 5.75. The fourth-order valence-electron chi connectivity index (χ4n) is 1.36. The van der Waals surface area contributed by atoms with Crippen LogP contribution in [-0.2, 0) is 9.53 Å². The molecule has 3 nitrogen and oxygen atoms in total. The molecule has 0 aromatic rings. The summed E-state index contributed by atoms with van der Waals surface area (Å²) in [7, 11) is 0. The maximum Gasteiger partial charge on any atom is 0.322 e. The van der Waals surface area contributed by atoms with E-state index in [-0.39, 0.29) is 12.0 Å². The van der Waals surface area contributed by atoms with Crippen LogP contribution in [0.1, 0.15) is 47.0 Å². The summed E-state index contributed by atoms with van der Waals surface area (Å²) in [5.41, 5.74) is 0. The Labute approximate surface area is 87.2 Å². The first-order valence-corrected chi connectivity index (χ1v) is 5.54. The van der Waals surface area contributed by atoms with Crippen molar-refractivity contribution in [2.75, 3.05) is 6.61 Å². The van der Waals surface area contributed by atoms with Crippen LogP contribution in [0.4, 0.5) is 0 Å². The van der Waals surface area contributed by atoms with Gasteiger partial charge in [-0.05, 0) is 27.2 Å². The molecule has 0 spiro atoms. The summed E-state index contributed by atoms with van der Waals surface area (Å²) in [5.74, 6) is -0.157. The van der Waals surface area contributed by atoms with E-state index in [2.05, 4.69) is 19.2 Å². The van der Waals surface area contributed by atoms with E-state index in [1.54, 1.807) is 0 Å². The highest BCUT2D eigenvalue weighted by Crippen LogP contribution is 2.01. The summed E-state index contributed by atoms with van der Waals surface area (Å²) in [6.07, 6.45) is 3.50. The van der Waals surface area contributed by atoms with Gasteiger partial charge in [0.1, 0.15) is 6.04 Å². The first kappa shape index (κ1) is 13.4. The Morgan fingerprint density at radius 3 is 2.50 bits per heavy atom. The van der Waals surface area contributed by atoms with Gasteiger partial charge in [0.15, 0.2) is 0 Å². The van der Waals surface area contributed by atoms with E-state index in [9.17, 15) is 4.79 Å². The van der Waals surface area contributed by atoms with E-state index in [1.165, 1.54) is 12.8 Å². The minimum Gasteiger partial charge on any atom is -0.465 e. The van der Waals surface area contributed by atoms with Crippen LogP contribution < -0.4 is 5.32 Å². The van der Waals surface area contributed by atoms with Crippen LogP contribution in [-0.4, -0.2) is 24.7 Å². The fourth-order valence-corrected chi connectivity index (χ4v) is 1.36. The van der Waals surface area contributed by atoms with Crippen molar-refractivity contribution in [2.45, 2.75) is 59.0 Å². The molecule has 3 heteroatoms. The van der Waals surface area contributed by atoms with Gasteiger partial charge in [0.25, 0.3) is 0 Å². The first-order chi connectivity index (χ1) is 6.61. The van der Waals surface area contributed by atoms with Crippen LogP contribution in [0.25, 0.3) is 0 Å². The smallest absolute Gasteiger partial charge is 0.322 e. The van der Waals surface area contributed by atoms with Crippen molar-refractivity contribution in [1.82, 2.24) is 5.32 Å². The number of rotatable bonds is 7. The lowest BCUT2D eigenvalue weighted by atomic mass is 10.1. The topological polar surface area (TPSA) is 38.3 Å². The number of carbonyl (C=O) groups excluding carboxylic acids is 1. The van der Waals surface area contributed by atoms with E-state index in [0.29, 0.717) is 12.6 Å². The minimum atomic E-state index is -0.193. The molecule has 0 aromatic heterocycles. The number of esters is 1. The average Bonchev–Trinajstić information content (AvgIpc) is 2.15. The standard InChI is InChI=1S/C11H23NO2/c1-5-7-8-9(3)12-10(4)11(13)14-6-2/h9-10,12H,5-8H2,1-4H3. The molecule has 0 aromatic carbocycles. The summed E-state index contributed by atoms with van der Waals surface area (Å²) in [6, 6.07) is 0.191. The summed E-state index contributed by atoms with van der Waals surface area (Å²) in [5, 5.41) is 3.22. The zero-order chi connectivity index (χ0) is 11.0. The van der Waals surface area contributed by atoms with Crippen molar-refractivity contribution in [2.24, 2.45) is 0 Å². The van der Waals surface area contributed by atoms with Crippen molar-refractivity contribution >= 4 is 5.97 Å². The van der Waals surface area contributed by atoms with Gasteiger partial charge in [-0.2, -0.15) is 0 Å². The largest absolute Gasteiger partial charge is 0.465 e. The molecule has 0 aliphatic heterocycles. The van der Waals surface area contributed by atoms with Gasteiger partial charge in [-0.1, -0.05) is 19.8 Å². The Balaban J connectivity index is 3.68. The van der Waals surface area contributed by atoms with Gasteiger partial charge in [-0.3, -0.25) is 4.79 Å². The zero-order valence-electron chi connectivity index (χ0n) is 9.80. The molecule has 1 N–H and O–H groups in total. The molecule has 14 heavy (non-hydrogen) atoms. The van der Waals surface area contributed by atoms with Crippen molar-refractivity contribution in [3.05, 3.63) is 0 Å². The van der Waals surface area contributed by atoms with Crippen LogP contribution in [0.15, 0.2) is 0 Å². The van der Waals surface area contributed by atoms with E-state index < -0.39 is 0 Å². The van der Waals surface area contributed by atoms with Gasteiger partial charge >= 0.3 is 5.97 Å². The molecule has 2 unspecified atom stereocenters. The number of carbonyl (C=O) groups is 1. The Morgan fingerprint density at radius 1 is 1.36 bits per heavy atom. The van der Waals surface area contributed by atoms with Gasteiger partial charge in [0.2, 0.25) is 0 Å². The lowest BCUT2D eigenvalue weighted by molar-refractivity contribution is -0.145. The molecular formula is C11H23NO2. The normalized spacial score (nSPS) is 14.9. The van der Waals surface area contributed by atoms with Crippen LogP contribution in [0.5, 0.6) is 0 Å². The summed E-state index contributed by atoms with van der Waals surface area (Å²) < 4.78 is 4.91. The molecule has 0 saturated carbocycles. The molecule has 0 heterocycles. The quantitative estimate of drug-likeness (QED) is 0.641. The van der Waals surface area contributed by atoms with E-state index in [1.807, 2.05) is 13.8 Å². The second-order valence-electron chi connectivity index (χ2n) is 3.68. The monoisotopic (exact) mass is 201 g/mol. The lowest BCUT2D eigenvalue weighted by Crippen LogP contribution is -2.40. The highest BCUT2D eigenvalue weighted by Gasteiger charge is 2.15. The second-order valence-corrected chi connectivity index (χ2v) is 3.68. The van der Waals surface area contributed by atoms with Crippen LogP contribution in [0.3, 0.4) is 0 Å². The number of hydrogen-bond donors (Lipinski definition) is 1. The van der Waals surface area contributed by atoms with Gasteiger partial charge in [0, 0.05) is 6.04 Å². The van der Waals surface area contributed by atoms with Gasteiger partial charge < -0.3 is 10.1 Å². The van der Waals surface area contributed by atoms with E-state index in [0.717, 1.165) is 6.42 Å². The van der Waals surface area contributed by atoms with Crippen molar-refractivity contribution < 1.29 is 9.53 Å². The molecule has 0 aliphatic carbocycles. The molecule has 0 amide bonds. The molecule has 0 radical (unpaired) electrons. The number of nitrogens with one attached hydrogen (secondary N) is 1. The second kappa shape index (κ2) is 7.80. The molecule has 84 valence electrons. The number of unbranched alkanes of at least 4 members (excludes halogenated alkanes) is 1. The fraction of sp³-hybridized carbons (Fsp3) is 0.909. The van der Waals surface area contributed by atoms with Crippen LogP contribution in [0.2, 0.25) is 0 Å². The number of hydrogen-bond acceptors (Lipinski definition) is 3. The predicted molar refractivity (Wildman–Crippen MR) is 58.2 cm³/mol. The molecule has 0 bridgehead atoms. The highest BCUT2D eigenvalue weighted by atomic mass is 16.5. The van der Waals surface area contributed by atoms with Crippen LogP contribution >= 0.6 is 0 Å². The summed E-state index contributed by atoms with van der Waals surface area (Å²) >= 11 is 0. The van der Waals surface area contributed by atoms with Crippen molar-refractivity contribution in [3.8, 4) is 0 Å². The SMILES string of the molecule is CCCCC(C)NC(C)C(=O)OCC. The molecule has 0 saturated heterocycles. The minimum absolute atomic E-state index is 0.157. The zero-order valence-corrected chi connectivity index (χ0v) is 9.80. The van der Waals surface area contributed by atoms with Crippen molar-refractivity contribution in [1.29, 1.82) is 0 Å². The third kappa shape index (κ3) is 5.97. The Kier molecular flexibility index (Phi) is 7.48. The van der Waals surface area contributed by atoms with Gasteiger partial charge in [-0.25, -0.2) is 0 Å². The first-order valence-electron chi connectivity index (χ1n) is 5.54. The Bertz CT molecular complexity index is 159. The van der Waals surface area contributed by atoms with Crippen molar-refractivity contribution in [3.63, 3.8) is 0 Å². The maximum atomic E-state index is 11.3. The third-order valence-corrected chi connectivity index (χ3v) is 2.17. The van der Waals surface area contributed by atoms with E-state index in [4.69, 9.17) is 4.74 Å². The third-order valence-electron chi connectivity index (χ3n) is 2.17. The Morgan fingerprint density at radius 2 is 2.00 bits per heavy atom. The summed E-state index contributed by atoms with van der Waals surface area (Å²) in [4.78, 5) is 11.3. The predicted octanol–water partition coefficient (Wildman–Crippen LogP) is 2.11.